The van der Waals surface area contributed by atoms with Crippen LogP contribution in [0.5, 0.6) is 0 Å². The predicted octanol–water partition coefficient (Wildman–Crippen LogP) is -1.33. The van der Waals surface area contributed by atoms with E-state index in [1.54, 1.807) is 0 Å². The molecule has 54 valence electrons. The first-order chi connectivity index (χ1) is 3.80. The van der Waals surface area contributed by atoms with E-state index in [4.69, 9.17) is 10.2 Å². The molecule has 4 nitrogen and oxygen atoms in total. The molecule has 2 unspecified atom stereocenters. The van der Waals surface area contributed by atoms with E-state index in [-0.39, 0.29) is 17.4 Å². The number of aliphatic hydroxyl groups is 2. The zero-order valence-electron chi connectivity index (χ0n) is 4.69. The van der Waals surface area contributed by atoms with Crippen LogP contribution >= 0.6 is 0 Å². The fourth-order valence-electron chi connectivity index (χ4n) is 0.502. The molecule has 0 spiro atoms. The molecule has 1 saturated heterocycles. The van der Waals surface area contributed by atoms with Crippen molar-refractivity contribution in [2.75, 3.05) is 13.2 Å². The van der Waals surface area contributed by atoms with Crippen LogP contribution in [-0.2, 0) is 26.8 Å². The molecule has 0 radical (unpaired) electrons. The molecule has 0 aliphatic carbocycles. The summed E-state index contributed by atoms with van der Waals surface area (Å²) in [4.78, 5) is 0. The molecule has 5 heteroatoms. The smallest absolute Gasteiger partial charge is 0.206 e. The number of rotatable bonds is 0. The van der Waals surface area contributed by atoms with E-state index in [2.05, 4.69) is 9.47 Å². The Morgan fingerprint density at radius 3 is 1.56 bits per heavy atom. The first-order valence-electron chi connectivity index (χ1n) is 2.40. The molecule has 0 aromatic heterocycles. The van der Waals surface area contributed by atoms with Gasteiger partial charge in [0.2, 0.25) is 12.6 Å². The summed E-state index contributed by atoms with van der Waals surface area (Å²) in [7, 11) is 0. The van der Waals surface area contributed by atoms with Crippen LogP contribution in [0, 0.1) is 0 Å². The number of hydrogen-bond acceptors (Lipinski definition) is 4. The standard InChI is InChI=1S/C4H8O4.Cr/c5-3-4(6)8-2-1-7-3;/h3-6H,1-2H2;. The largest absolute Gasteiger partial charge is 0.364 e. The molecule has 1 fully saturated rings. The Bertz CT molecular complexity index is 69.0. The van der Waals surface area contributed by atoms with Crippen molar-refractivity contribution in [3.8, 4) is 0 Å². The molecule has 0 bridgehead atoms. The summed E-state index contributed by atoms with van der Waals surface area (Å²) in [6, 6.07) is 0. The van der Waals surface area contributed by atoms with Crippen molar-refractivity contribution in [1.82, 2.24) is 0 Å². The van der Waals surface area contributed by atoms with Gasteiger partial charge in [-0.3, -0.25) is 0 Å². The van der Waals surface area contributed by atoms with E-state index in [1.807, 2.05) is 0 Å². The third kappa shape index (κ3) is 2.63. The van der Waals surface area contributed by atoms with Crippen molar-refractivity contribution in [1.29, 1.82) is 0 Å². The molecule has 2 atom stereocenters. The minimum Gasteiger partial charge on any atom is -0.364 e. The second kappa shape index (κ2) is 4.23. The molecular formula is C4H8CrO4. The second-order valence-corrected chi connectivity index (χ2v) is 1.52. The maximum Gasteiger partial charge on any atom is 0.206 e. The fraction of sp³-hybridized carbons (Fsp3) is 1.00. The van der Waals surface area contributed by atoms with Gasteiger partial charge in [-0.15, -0.1) is 0 Å². The minimum atomic E-state index is -1.16. The minimum absolute atomic E-state index is 0. The van der Waals surface area contributed by atoms with Gasteiger partial charge >= 0.3 is 0 Å². The number of aliphatic hydroxyl groups excluding tert-OH is 2. The normalized spacial score (nSPS) is 35.3. The van der Waals surface area contributed by atoms with Crippen molar-refractivity contribution in [2.24, 2.45) is 0 Å². The van der Waals surface area contributed by atoms with Crippen LogP contribution in [-0.4, -0.2) is 36.0 Å². The molecule has 0 amide bonds. The molecule has 0 aromatic carbocycles. The molecule has 0 aromatic rings. The molecule has 1 heterocycles. The van der Waals surface area contributed by atoms with Gasteiger partial charge in [-0.25, -0.2) is 0 Å². The van der Waals surface area contributed by atoms with Gasteiger partial charge < -0.3 is 19.7 Å². The Hall–Kier alpha value is 0.372. The number of ether oxygens (including phenoxy) is 2. The molecule has 0 saturated carbocycles. The van der Waals surface area contributed by atoms with Crippen LogP contribution in [0.15, 0.2) is 0 Å². The Labute approximate surface area is 63.5 Å². The second-order valence-electron chi connectivity index (χ2n) is 1.52. The van der Waals surface area contributed by atoms with Gasteiger partial charge in [0, 0.05) is 17.4 Å². The van der Waals surface area contributed by atoms with E-state index in [0.717, 1.165) is 0 Å². The predicted molar refractivity (Wildman–Crippen MR) is 23.9 cm³/mol. The molecule has 9 heavy (non-hydrogen) atoms. The SMILES string of the molecule is OC1OCCOC1O.[Cr]. The van der Waals surface area contributed by atoms with Gasteiger partial charge in [0.15, 0.2) is 0 Å². The molecule has 2 N–H and O–H groups in total. The monoisotopic (exact) mass is 172 g/mol. The quantitative estimate of drug-likeness (QED) is 0.475. The molecular weight excluding hydrogens is 164 g/mol. The van der Waals surface area contributed by atoms with Gasteiger partial charge in [-0.05, 0) is 0 Å². The van der Waals surface area contributed by atoms with E-state index in [9.17, 15) is 0 Å². The van der Waals surface area contributed by atoms with E-state index in [0.29, 0.717) is 13.2 Å². The van der Waals surface area contributed by atoms with Crippen LogP contribution in [0.2, 0.25) is 0 Å². The van der Waals surface area contributed by atoms with Crippen molar-refractivity contribution >= 4 is 0 Å². The first kappa shape index (κ1) is 9.37. The van der Waals surface area contributed by atoms with E-state index in [1.165, 1.54) is 0 Å². The Morgan fingerprint density at radius 2 is 1.33 bits per heavy atom. The Morgan fingerprint density at radius 1 is 1.00 bits per heavy atom. The van der Waals surface area contributed by atoms with Crippen molar-refractivity contribution < 1.29 is 37.0 Å². The third-order valence-corrected chi connectivity index (χ3v) is 0.904. The summed E-state index contributed by atoms with van der Waals surface area (Å²) in [5.41, 5.74) is 0. The van der Waals surface area contributed by atoms with Gasteiger partial charge in [0.25, 0.3) is 0 Å². The topological polar surface area (TPSA) is 58.9 Å². The molecule has 1 aliphatic rings. The summed E-state index contributed by atoms with van der Waals surface area (Å²) in [5.74, 6) is 0. The van der Waals surface area contributed by atoms with Crippen molar-refractivity contribution in [3.05, 3.63) is 0 Å². The average molecular weight is 172 g/mol. The summed E-state index contributed by atoms with van der Waals surface area (Å²) >= 11 is 0. The summed E-state index contributed by atoms with van der Waals surface area (Å²) in [6.45, 7) is 0.691. The zero-order valence-corrected chi connectivity index (χ0v) is 5.96. The fourth-order valence-corrected chi connectivity index (χ4v) is 0.502. The zero-order chi connectivity index (χ0) is 5.98. The van der Waals surface area contributed by atoms with Gasteiger partial charge in [0.1, 0.15) is 0 Å². The Kier molecular flexibility index (Phi) is 4.40. The first-order valence-corrected chi connectivity index (χ1v) is 2.40. The Balaban J connectivity index is 0.000000640. The third-order valence-electron chi connectivity index (χ3n) is 0.904. The maximum atomic E-state index is 8.58. The van der Waals surface area contributed by atoms with Crippen LogP contribution < -0.4 is 0 Å². The van der Waals surface area contributed by atoms with Crippen LogP contribution in [0.4, 0.5) is 0 Å². The molecule has 1 aliphatic heterocycles. The van der Waals surface area contributed by atoms with Gasteiger partial charge in [-0.2, -0.15) is 0 Å². The van der Waals surface area contributed by atoms with Crippen molar-refractivity contribution in [3.63, 3.8) is 0 Å². The van der Waals surface area contributed by atoms with Gasteiger partial charge in [-0.1, -0.05) is 0 Å². The van der Waals surface area contributed by atoms with Crippen LogP contribution in [0.3, 0.4) is 0 Å². The summed E-state index contributed by atoms with van der Waals surface area (Å²) in [5, 5.41) is 17.2. The van der Waals surface area contributed by atoms with Crippen LogP contribution in [0.25, 0.3) is 0 Å². The van der Waals surface area contributed by atoms with Crippen LogP contribution in [0.1, 0.15) is 0 Å². The maximum absolute atomic E-state index is 8.58. The average Bonchev–Trinajstić information content (AvgIpc) is 1.77. The summed E-state index contributed by atoms with van der Waals surface area (Å²) in [6.07, 6.45) is -2.33. The van der Waals surface area contributed by atoms with E-state index < -0.39 is 12.6 Å². The van der Waals surface area contributed by atoms with Gasteiger partial charge in [0.05, 0.1) is 13.2 Å². The molecule has 1 rings (SSSR count). The number of hydrogen-bond donors (Lipinski definition) is 2. The summed E-state index contributed by atoms with van der Waals surface area (Å²) < 4.78 is 9.14. The van der Waals surface area contributed by atoms with E-state index >= 15 is 0 Å². The van der Waals surface area contributed by atoms with Crippen molar-refractivity contribution in [2.45, 2.75) is 12.6 Å².